The van der Waals surface area contributed by atoms with Gasteiger partial charge in [0.1, 0.15) is 5.75 Å². The van der Waals surface area contributed by atoms with Crippen molar-refractivity contribution in [3.63, 3.8) is 0 Å². The number of benzene rings is 1. The van der Waals surface area contributed by atoms with E-state index in [2.05, 4.69) is 26.1 Å². The predicted octanol–water partition coefficient (Wildman–Crippen LogP) is 2.49. The Labute approximate surface area is 146 Å². The van der Waals surface area contributed by atoms with Crippen LogP contribution in [-0.4, -0.2) is 44.1 Å². The van der Waals surface area contributed by atoms with Crippen LogP contribution in [-0.2, 0) is 11.2 Å². The topological polar surface area (TPSA) is 41.6 Å². The average molecular weight is 390 g/mol. The summed E-state index contributed by atoms with van der Waals surface area (Å²) in [7, 11) is 1.66. The maximum Gasteiger partial charge on any atom is 0.222 e. The summed E-state index contributed by atoms with van der Waals surface area (Å²) in [6.07, 6.45) is 1.37. The normalized spacial score (nSPS) is 23.1. The summed E-state index contributed by atoms with van der Waals surface area (Å²) in [5, 5.41) is 3.40. The van der Waals surface area contributed by atoms with E-state index >= 15 is 0 Å². The quantitative estimate of drug-likeness (QED) is 0.860. The number of amides is 1. The van der Waals surface area contributed by atoms with Crippen molar-refractivity contribution < 1.29 is 9.53 Å². The maximum absolute atomic E-state index is 12.3. The van der Waals surface area contributed by atoms with Crippen LogP contribution in [0.25, 0.3) is 0 Å². The van der Waals surface area contributed by atoms with Crippen LogP contribution in [0.3, 0.4) is 0 Å². The fourth-order valence-electron chi connectivity index (χ4n) is 3.33. The molecule has 6 heteroatoms. The van der Waals surface area contributed by atoms with Gasteiger partial charge in [-0.3, -0.25) is 4.79 Å². The number of likely N-dealkylation sites (tertiary alicyclic amines) is 1. The first-order valence-electron chi connectivity index (χ1n) is 7.48. The van der Waals surface area contributed by atoms with Crippen molar-refractivity contribution in [2.45, 2.75) is 12.8 Å². The summed E-state index contributed by atoms with van der Waals surface area (Å²) in [5.41, 5.74) is 1.16. The van der Waals surface area contributed by atoms with Crippen LogP contribution in [0.15, 0.2) is 22.7 Å². The summed E-state index contributed by atoms with van der Waals surface area (Å²) < 4.78 is 6.16. The first-order valence-corrected chi connectivity index (χ1v) is 8.27. The van der Waals surface area contributed by atoms with Crippen LogP contribution in [0.1, 0.15) is 12.0 Å². The Morgan fingerprint density at radius 2 is 2.05 bits per heavy atom. The number of carbonyl (C=O) groups excluding carboxylic acids is 1. The largest absolute Gasteiger partial charge is 0.496 e. The van der Waals surface area contributed by atoms with Crippen LogP contribution >= 0.6 is 28.3 Å². The molecule has 2 aliphatic heterocycles. The molecular formula is C16H22BrClN2O2. The molecule has 22 heavy (non-hydrogen) atoms. The van der Waals surface area contributed by atoms with Crippen LogP contribution in [0.2, 0.25) is 0 Å². The molecular weight excluding hydrogens is 368 g/mol. The molecule has 3 rings (SSSR count). The van der Waals surface area contributed by atoms with Crippen molar-refractivity contribution in [3.8, 4) is 5.75 Å². The molecule has 0 bridgehead atoms. The first kappa shape index (κ1) is 17.6. The molecule has 2 atom stereocenters. The standard InChI is InChI=1S/C16H21BrN2O2.ClH/c1-21-15-4-2-11(6-14(15)17)3-5-16(20)19-9-12-7-18-8-13(12)10-19;/h2,4,6,12-13,18H,3,5,7-10H2,1H3;1H/t12-,13+;. The molecule has 1 aromatic carbocycles. The van der Waals surface area contributed by atoms with Gasteiger partial charge in [-0.15, -0.1) is 12.4 Å². The van der Waals surface area contributed by atoms with Crippen LogP contribution in [0.5, 0.6) is 5.75 Å². The van der Waals surface area contributed by atoms with E-state index in [1.807, 2.05) is 18.2 Å². The van der Waals surface area contributed by atoms with Gasteiger partial charge >= 0.3 is 0 Å². The van der Waals surface area contributed by atoms with Crippen molar-refractivity contribution in [3.05, 3.63) is 28.2 Å². The molecule has 2 fully saturated rings. The highest BCUT2D eigenvalue weighted by molar-refractivity contribution is 9.10. The molecule has 0 radical (unpaired) electrons. The highest BCUT2D eigenvalue weighted by Crippen LogP contribution is 2.28. The van der Waals surface area contributed by atoms with E-state index in [1.54, 1.807) is 7.11 Å². The van der Waals surface area contributed by atoms with Crippen molar-refractivity contribution in [1.29, 1.82) is 0 Å². The lowest BCUT2D eigenvalue weighted by atomic mass is 10.0. The van der Waals surface area contributed by atoms with Crippen molar-refractivity contribution in [2.75, 3.05) is 33.3 Å². The molecule has 0 aromatic heterocycles. The Bertz CT molecular complexity index is 529. The second kappa shape index (κ2) is 7.66. The number of hydrogen-bond acceptors (Lipinski definition) is 3. The third-order valence-electron chi connectivity index (χ3n) is 4.59. The Morgan fingerprint density at radius 3 is 2.64 bits per heavy atom. The molecule has 2 saturated heterocycles. The highest BCUT2D eigenvalue weighted by atomic mass is 79.9. The Kier molecular flexibility index (Phi) is 6.12. The Morgan fingerprint density at radius 1 is 1.36 bits per heavy atom. The number of hydrogen-bond donors (Lipinski definition) is 1. The van der Waals surface area contributed by atoms with Gasteiger partial charge in [0, 0.05) is 32.6 Å². The number of ether oxygens (including phenoxy) is 1. The minimum absolute atomic E-state index is 0. The van der Waals surface area contributed by atoms with Gasteiger partial charge in [-0.25, -0.2) is 0 Å². The molecule has 0 saturated carbocycles. The number of fused-ring (bicyclic) bond motifs is 1. The summed E-state index contributed by atoms with van der Waals surface area (Å²) >= 11 is 3.49. The van der Waals surface area contributed by atoms with Crippen molar-refractivity contribution in [1.82, 2.24) is 10.2 Å². The van der Waals surface area contributed by atoms with E-state index < -0.39 is 0 Å². The molecule has 122 valence electrons. The number of rotatable bonds is 4. The number of carbonyl (C=O) groups is 1. The van der Waals surface area contributed by atoms with Gasteiger partial charge < -0.3 is 15.0 Å². The van der Waals surface area contributed by atoms with Gasteiger partial charge in [0.05, 0.1) is 11.6 Å². The van der Waals surface area contributed by atoms with Crippen molar-refractivity contribution in [2.24, 2.45) is 11.8 Å². The van der Waals surface area contributed by atoms with Gasteiger partial charge in [-0.05, 0) is 51.9 Å². The van der Waals surface area contributed by atoms with E-state index in [0.717, 1.165) is 48.4 Å². The van der Waals surface area contributed by atoms with E-state index in [1.165, 1.54) is 0 Å². The third kappa shape index (κ3) is 3.76. The fourth-order valence-corrected chi connectivity index (χ4v) is 3.92. The molecule has 2 heterocycles. The number of aryl methyl sites for hydroxylation is 1. The summed E-state index contributed by atoms with van der Waals surface area (Å²) in [6, 6.07) is 6.00. The molecule has 1 N–H and O–H groups in total. The number of halogens is 2. The third-order valence-corrected chi connectivity index (χ3v) is 5.21. The second-order valence-electron chi connectivity index (χ2n) is 5.95. The SMILES string of the molecule is COc1ccc(CCC(=O)N2C[C@H]3CNC[C@H]3C2)cc1Br.Cl. The van der Waals surface area contributed by atoms with Gasteiger partial charge in [0.2, 0.25) is 5.91 Å². The van der Waals surface area contributed by atoms with Gasteiger partial charge in [-0.2, -0.15) is 0 Å². The highest BCUT2D eigenvalue weighted by Gasteiger charge is 2.37. The Hall–Kier alpha value is -0.780. The lowest BCUT2D eigenvalue weighted by molar-refractivity contribution is -0.130. The smallest absolute Gasteiger partial charge is 0.222 e. The zero-order valence-electron chi connectivity index (χ0n) is 12.7. The number of methoxy groups -OCH3 is 1. The predicted molar refractivity (Wildman–Crippen MR) is 92.7 cm³/mol. The lowest BCUT2D eigenvalue weighted by Crippen LogP contribution is -2.31. The molecule has 4 nitrogen and oxygen atoms in total. The molecule has 2 aliphatic rings. The zero-order valence-corrected chi connectivity index (χ0v) is 15.1. The minimum atomic E-state index is 0. The molecule has 1 amide bonds. The number of nitrogens with zero attached hydrogens (tertiary/aromatic N) is 1. The van der Waals surface area contributed by atoms with Crippen LogP contribution in [0.4, 0.5) is 0 Å². The molecule has 0 aliphatic carbocycles. The molecule has 1 aromatic rings. The van der Waals surface area contributed by atoms with Gasteiger partial charge in [0.15, 0.2) is 0 Å². The summed E-state index contributed by atoms with van der Waals surface area (Å²) in [4.78, 5) is 14.4. The van der Waals surface area contributed by atoms with Crippen molar-refractivity contribution >= 4 is 34.2 Å². The van der Waals surface area contributed by atoms with Crippen LogP contribution < -0.4 is 10.1 Å². The van der Waals surface area contributed by atoms with E-state index in [9.17, 15) is 4.79 Å². The summed E-state index contributed by atoms with van der Waals surface area (Å²) in [6.45, 7) is 4.01. The Balaban J connectivity index is 0.00000176. The van der Waals surface area contributed by atoms with Gasteiger partial charge in [-0.1, -0.05) is 6.07 Å². The minimum Gasteiger partial charge on any atom is -0.496 e. The lowest BCUT2D eigenvalue weighted by Gasteiger charge is -2.17. The maximum atomic E-state index is 12.3. The monoisotopic (exact) mass is 388 g/mol. The van der Waals surface area contributed by atoms with Gasteiger partial charge in [0.25, 0.3) is 0 Å². The van der Waals surface area contributed by atoms with E-state index in [-0.39, 0.29) is 18.3 Å². The fraction of sp³-hybridized carbons (Fsp3) is 0.562. The number of nitrogens with one attached hydrogen (secondary N) is 1. The second-order valence-corrected chi connectivity index (χ2v) is 6.80. The van der Waals surface area contributed by atoms with Crippen LogP contribution in [0, 0.1) is 11.8 Å². The zero-order chi connectivity index (χ0) is 14.8. The molecule has 0 spiro atoms. The van der Waals surface area contributed by atoms with E-state index in [0.29, 0.717) is 18.3 Å². The van der Waals surface area contributed by atoms with E-state index in [4.69, 9.17) is 4.74 Å². The average Bonchev–Trinajstić information content (AvgIpc) is 3.06. The summed E-state index contributed by atoms with van der Waals surface area (Å²) in [5.74, 6) is 2.45. The molecule has 0 unspecified atom stereocenters. The first-order chi connectivity index (χ1) is 10.2.